The molecular weight excluding hydrogens is 633 g/mol. The first-order chi connectivity index (χ1) is 25.4. The Kier molecular flexibility index (Phi) is 7.88. The molecule has 8 bridgehead atoms. The molecule has 9 rings (SSSR count). The average molecular weight is 675 g/mol. The Morgan fingerprint density at radius 1 is 0.442 bits per heavy atom. The van der Waals surface area contributed by atoms with Crippen molar-refractivity contribution in [2.75, 3.05) is 0 Å². The minimum absolute atomic E-state index is 0.787. The van der Waals surface area contributed by atoms with Crippen molar-refractivity contribution in [3.8, 4) is 0 Å². The highest BCUT2D eigenvalue weighted by Gasteiger charge is 2.26. The van der Waals surface area contributed by atoms with Crippen LogP contribution in [0.3, 0.4) is 0 Å². The minimum atomic E-state index is 0.787. The van der Waals surface area contributed by atoms with E-state index in [0.717, 1.165) is 75.2 Å². The zero-order chi connectivity index (χ0) is 35.3. The molecule has 0 saturated heterocycles. The summed E-state index contributed by atoms with van der Waals surface area (Å²) < 4.78 is 0. The van der Waals surface area contributed by atoms with Gasteiger partial charge < -0.3 is 15.3 Å². The van der Waals surface area contributed by atoms with Crippen molar-refractivity contribution < 1.29 is 0 Å². The molecule has 4 nitrogen and oxygen atoms in total. The van der Waals surface area contributed by atoms with Gasteiger partial charge >= 0.3 is 0 Å². The molecule has 0 radical (unpaired) electrons. The molecule has 0 spiro atoms. The van der Waals surface area contributed by atoms with Crippen LogP contribution in [0.25, 0.3) is 22.3 Å². The van der Waals surface area contributed by atoms with Crippen LogP contribution < -0.4 is 16.0 Å². The molecule has 0 amide bonds. The third-order valence-corrected chi connectivity index (χ3v) is 10.6. The molecule has 0 unspecified atom stereocenters. The predicted octanol–water partition coefficient (Wildman–Crippen LogP) is 9.32. The van der Waals surface area contributed by atoms with E-state index < -0.39 is 0 Å². The van der Waals surface area contributed by atoms with Crippen LogP contribution in [0.15, 0.2) is 149 Å². The second kappa shape index (κ2) is 12.9. The fourth-order valence-corrected chi connectivity index (χ4v) is 7.83. The molecule has 0 fully saturated rings. The number of nitrogens with zero attached hydrogens (tertiary/aromatic N) is 1. The fraction of sp³-hybridized carbons (Fsp3) is 0.146. The van der Waals surface area contributed by atoms with E-state index in [1.807, 2.05) is 0 Å². The normalized spacial score (nSPS) is 15.6. The first-order valence-electron chi connectivity index (χ1n) is 18.3. The van der Waals surface area contributed by atoms with Crippen molar-refractivity contribution in [1.82, 2.24) is 15.3 Å². The monoisotopic (exact) mass is 674 g/mol. The number of aliphatic imine (C=N–C) groups is 1. The van der Waals surface area contributed by atoms with Crippen molar-refractivity contribution in [1.29, 1.82) is 0 Å². The quantitative estimate of drug-likeness (QED) is 0.172. The smallest absolute Gasteiger partial charge is 0.0510 e. The van der Waals surface area contributed by atoms with Gasteiger partial charge in [0.15, 0.2) is 0 Å². The molecule has 3 N–H and O–H groups in total. The molecule has 0 aliphatic carbocycles. The highest BCUT2D eigenvalue weighted by molar-refractivity contribution is 6.24. The highest BCUT2D eigenvalue weighted by Crippen LogP contribution is 2.38. The first kappa shape index (κ1) is 31.8. The van der Waals surface area contributed by atoms with Crippen LogP contribution in [-0.4, -0.2) is 15.7 Å². The van der Waals surface area contributed by atoms with Gasteiger partial charge in [-0.2, -0.15) is 0 Å². The molecule has 3 aliphatic rings. The Morgan fingerprint density at radius 2 is 0.904 bits per heavy atom. The summed E-state index contributed by atoms with van der Waals surface area (Å²) in [5.41, 5.74) is 21.0. The molecule has 3 aliphatic heterocycles. The van der Waals surface area contributed by atoms with Gasteiger partial charge in [-0.05, 0) is 87.1 Å². The molecule has 5 heterocycles. The summed E-state index contributed by atoms with van der Waals surface area (Å²) in [6.45, 7) is 8.58. The van der Waals surface area contributed by atoms with Gasteiger partial charge in [-0.1, -0.05) is 125 Å². The largest absolute Gasteiger partial charge is 0.358 e. The first-order valence-corrected chi connectivity index (χ1v) is 18.3. The molecule has 0 saturated carbocycles. The van der Waals surface area contributed by atoms with Crippen LogP contribution in [0, 0.1) is 27.7 Å². The summed E-state index contributed by atoms with van der Waals surface area (Å²) >= 11 is 0. The van der Waals surface area contributed by atoms with Crippen molar-refractivity contribution >= 4 is 28.0 Å². The Hall–Kier alpha value is -6.13. The van der Waals surface area contributed by atoms with Crippen LogP contribution in [0.1, 0.15) is 75.2 Å². The molecular formula is C48H42N4. The molecule has 52 heavy (non-hydrogen) atoms. The van der Waals surface area contributed by atoms with Gasteiger partial charge in [-0.15, -0.1) is 0 Å². The number of fused-ring (bicyclic) bond motifs is 7. The molecule has 4 heteroatoms. The van der Waals surface area contributed by atoms with Gasteiger partial charge in [0.1, 0.15) is 0 Å². The van der Waals surface area contributed by atoms with E-state index in [-0.39, 0.29) is 0 Å². The van der Waals surface area contributed by atoms with E-state index >= 15 is 0 Å². The maximum atomic E-state index is 5.54. The number of hydrogen-bond donors (Lipinski definition) is 3. The lowest BCUT2D eigenvalue weighted by atomic mass is 9.96. The Balaban J connectivity index is 1.37. The van der Waals surface area contributed by atoms with E-state index in [9.17, 15) is 0 Å². The van der Waals surface area contributed by atoms with Gasteiger partial charge in [0.05, 0.1) is 11.4 Å². The third kappa shape index (κ3) is 5.80. The van der Waals surface area contributed by atoms with Gasteiger partial charge in [0.2, 0.25) is 0 Å². The molecule has 0 atom stereocenters. The maximum Gasteiger partial charge on any atom is 0.0510 e. The fourth-order valence-electron chi connectivity index (χ4n) is 7.83. The lowest BCUT2D eigenvalue weighted by Crippen LogP contribution is -2.22. The number of aryl methyl sites for hydroxylation is 4. The number of H-pyrrole nitrogens is 2. The van der Waals surface area contributed by atoms with E-state index in [4.69, 9.17) is 4.99 Å². The van der Waals surface area contributed by atoms with Crippen LogP contribution in [-0.2, 0) is 0 Å². The van der Waals surface area contributed by atoms with Crippen LogP contribution in [0.4, 0.5) is 0 Å². The predicted molar refractivity (Wildman–Crippen MR) is 215 cm³/mol. The summed E-state index contributed by atoms with van der Waals surface area (Å²) in [5, 5.41) is 6.09. The zero-order valence-electron chi connectivity index (χ0n) is 30.2. The van der Waals surface area contributed by atoms with Gasteiger partial charge in [-0.25, -0.2) is 0 Å². The van der Waals surface area contributed by atoms with E-state index in [2.05, 4.69) is 170 Å². The topological polar surface area (TPSA) is 56.0 Å². The Bertz CT molecular complexity index is 2600. The van der Waals surface area contributed by atoms with E-state index in [0.29, 0.717) is 0 Å². The maximum absolute atomic E-state index is 5.54. The lowest BCUT2D eigenvalue weighted by Gasteiger charge is -2.16. The number of aromatic nitrogens is 2. The van der Waals surface area contributed by atoms with E-state index in [1.165, 1.54) is 55.8 Å². The number of hydrogen-bond acceptors (Lipinski definition) is 2. The minimum Gasteiger partial charge on any atom is -0.358 e. The third-order valence-electron chi connectivity index (χ3n) is 10.6. The van der Waals surface area contributed by atoms with E-state index in [1.54, 1.807) is 0 Å². The van der Waals surface area contributed by atoms with Gasteiger partial charge in [0, 0.05) is 62.2 Å². The highest BCUT2D eigenvalue weighted by atomic mass is 14.9. The number of benzene rings is 4. The number of aromatic amines is 2. The summed E-state index contributed by atoms with van der Waals surface area (Å²) in [7, 11) is 0. The van der Waals surface area contributed by atoms with Crippen LogP contribution in [0.2, 0.25) is 0 Å². The van der Waals surface area contributed by atoms with Crippen molar-refractivity contribution in [3.05, 3.63) is 211 Å². The van der Waals surface area contributed by atoms with Crippen molar-refractivity contribution in [2.24, 2.45) is 4.99 Å². The molecule has 6 aromatic rings. The van der Waals surface area contributed by atoms with Crippen molar-refractivity contribution in [3.63, 3.8) is 0 Å². The van der Waals surface area contributed by atoms with Crippen LogP contribution >= 0.6 is 0 Å². The summed E-state index contributed by atoms with van der Waals surface area (Å²) in [6.07, 6.45) is 4.85. The molecule has 4 aromatic carbocycles. The van der Waals surface area contributed by atoms with Crippen LogP contribution in [0.5, 0.6) is 0 Å². The van der Waals surface area contributed by atoms with Gasteiger partial charge in [0.25, 0.3) is 0 Å². The number of rotatable bonds is 4. The summed E-state index contributed by atoms with van der Waals surface area (Å²) in [4.78, 5) is 13.4. The second-order valence-electron chi connectivity index (χ2n) is 14.5. The average Bonchev–Trinajstić information content (AvgIpc) is 3.99. The number of allylic oxidation sites excluding steroid dienone is 3. The summed E-state index contributed by atoms with van der Waals surface area (Å²) in [6, 6.07) is 44.5. The van der Waals surface area contributed by atoms with Gasteiger partial charge in [-0.3, -0.25) is 4.99 Å². The Labute approximate surface area is 305 Å². The van der Waals surface area contributed by atoms with Crippen molar-refractivity contribution in [2.45, 2.75) is 47.0 Å². The molecule has 254 valence electrons. The second-order valence-corrected chi connectivity index (χ2v) is 14.5. The SMILES string of the molecule is Cc1ccc(C2=C3CCC(=N3)C(c3ccc(C)cc3)=c3ccc([nH]3)=C(c3ccc(C)cc3)C3=CCC(=C(c4ccc(C)cc4)c4ccc2[nH]4)N3)cc1. The number of nitrogens with one attached hydrogen (secondary N) is 3. The zero-order valence-corrected chi connectivity index (χ0v) is 30.2. The lowest BCUT2D eigenvalue weighted by molar-refractivity contribution is 1.03. The summed E-state index contributed by atoms with van der Waals surface area (Å²) in [5.74, 6) is 0. The molecule has 2 aromatic heterocycles. The Morgan fingerprint density at radius 3 is 1.46 bits per heavy atom. The standard InChI is InChI=1S/C48H42N4/c1-29-5-13-33(14-6-29)45-37-21-23-39(49-37)46(34-15-7-30(2)8-16-34)41-25-27-43(51-41)48(36-19-11-32(4)12-20-36)44-28-26-42(52-44)47(40-24-22-38(45)50-40)35-17-9-31(3)10-18-35/h5-23,26,28,49-50,52H,24-25,27H2,1-4H3.